The predicted molar refractivity (Wildman–Crippen MR) is 108 cm³/mol. The normalized spacial score (nSPS) is 11.8. The molecule has 0 aliphatic rings. The average Bonchev–Trinajstić information content (AvgIpc) is 2.91. The van der Waals surface area contributed by atoms with Crippen LogP contribution in [0.4, 0.5) is 0 Å². The molecule has 0 unspecified atom stereocenters. The van der Waals surface area contributed by atoms with Gasteiger partial charge in [0.1, 0.15) is 5.82 Å². The van der Waals surface area contributed by atoms with Crippen LogP contribution >= 0.6 is 0 Å². The molecule has 130 valence electrons. The van der Waals surface area contributed by atoms with Crippen LogP contribution in [0.2, 0.25) is 0 Å². The van der Waals surface area contributed by atoms with E-state index in [4.69, 9.17) is 4.98 Å². The van der Waals surface area contributed by atoms with Crippen molar-refractivity contribution in [1.29, 1.82) is 0 Å². The lowest BCUT2D eigenvalue weighted by Crippen LogP contribution is -2.22. The fourth-order valence-electron chi connectivity index (χ4n) is 3.54. The zero-order valence-electron chi connectivity index (χ0n) is 15.2. The van der Waals surface area contributed by atoms with Crippen LogP contribution in [0.15, 0.2) is 53.3 Å². The highest BCUT2D eigenvalue weighted by atomic mass is 16.1. The Bertz CT molecular complexity index is 1210. The molecule has 0 saturated heterocycles. The summed E-state index contributed by atoms with van der Waals surface area (Å²) in [6, 6.07) is 15.9. The lowest BCUT2D eigenvalue weighted by atomic mass is 10.1. The minimum absolute atomic E-state index is 0.00684. The lowest BCUT2D eigenvalue weighted by molar-refractivity contribution is 0.708. The van der Waals surface area contributed by atoms with Gasteiger partial charge in [-0.15, -0.1) is 0 Å². The molecule has 4 aromatic rings. The van der Waals surface area contributed by atoms with E-state index in [1.165, 1.54) is 16.6 Å². The van der Waals surface area contributed by atoms with E-state index in [1.807, 2.05) is 37.3 Å². The fourth-order valence-corrected chi connectivity index (χ4v) is 3.54. The van der Waals surface area contributed by atoms with E-state index in [0.717, 1.165) is 11.1 Å². The molecule has 0 fully saturated rings. The van der Waals surface area contributed by atoms with Crippen molar-refractivity contribution in [3.05, 3.63) is 76.0 Å². The molecule has 0 saturated carbocycles. The summed E-state index contributed by atoms with van der Waals surface area (Å²) < 4.78 is 3.91. The summed E-state index contributed by atoms with van der Waals surface area (Å²) in [5.41, 5.74) is 4.29. The van der Waals surface area contributed by atoms with Gasteiger partial charge in [0.15, 0.2) is 0 Å². The fraction of sp³-hybridized carbons (Fsp3) is 0.182. The Morgan fingerprint density at radius 2 is 1.69 bits per heavy atom. The number of aromatic nitrogens is 3. The molecule has 0 aliphatic carbocycles. The minimum Gasteiger partial charge on any atom is -0.347 e. The summed E-state index contributed by atoms with van der Waals surface area (Å²) in [5, 5.41) is 1.86. The number of fused-ring (bicyclic) bond motifs is 2. The van der Waals surface area contributed by atoms with Crippen LogP contribution in [0.1, 0.15) is 24.0 Å². The first kappa shape index (κ1) is 16.3. The highest BCUT2D eigenvalue weighted by Crippen LogP contribution is 2.26. The zero-order chi connectivity index (χ0) is 18.3. The van der Waals surface area contributed by atoms with Crippen molar-refractivity contribution in [3.8, 4) is 0 Å². The second-order valence-corrected chi connectivity index (χ2v) is 6.45. The topological polar surface area (TPSA) is 39.8 Å². The van der Waals surface area contributed by atoms with Gasteiger partial charge in [0.2, 0.25) is 0 Å². The number of para-hydroxylation sites is 2. The largest absolute Gasteiger partial charge is 0.347 e. The standard InChI is InChI=1S/C22H21N3O/c1-4-25-21(23-19-11-7-5-10-18(19)22(25)26)14-13-16-15(2)24(3)20-12-8-6-9-17(16)20/h5-14H,4H2,1-3H3. The smallest absolute Gasteiger partial charge is 0.261 e. The summed E-state index contributed by atoms with van der Waals surface area (Å²) in [4.78, 5) is 17.5. The first-order chi connectivity index (χ1) is 12.6. The van der Waals surface area contributed by atoms with Gasteiger partial charge in [-0.25, -0.2) is 4.98 Å². The van der Waals surface area contributed by atoms with Gasteiger partial charge in [-0.05, 0) is 44.2 Å². The number of benzene rings is 2. The maximum atomic E-state index is 12.8. The summed E-state index contributed by atoms with van der Waals surface area (Å²) in [6.45, 7) is 4.67. The second-order valence-electron chi connectivity index (χ2n) is 6.45. The van der Waals surface area contributed by atoms with Crippen molar-refractivity contribution in [2.45, 2.75) is 20.4 Å². The Morgan fingerprint density at radius 1 is 1.00 bits per heavy atom. The van der Waals surface area contributed by atoms with Crippen molar-refractivity contribution >= 4 is 34.0 Å². The molecule has 0 radical (unpaired) electrons. The van der Waals surface area contributed by atoms with Gasteiger partial charge in [-0.2, -0.15) is 0 Å². The van der Waals surface area contributed by atoms with Gasteiger partial charge in [-0.1, -0.05) is 30.3 Å². The molecule has 0 N–H and O–H groups in total. The Balaban J connectivity index is 1.91. The number of nitrogens with zero attached hydrogens (tertiary/aromatic N) is 3. The van der Waals surface area contributed by atoms with Crippen LogP contribution in [-0.4, -0.2) is 14.1 Å². The number of aryl methyl sites for hydroxylation is 1. The molecule has 0 bridgehead atoms. The summed E-state index contributed by atoms with van der Waals surface area (Å²) >= 11 is 0. The van der Waals surface area contributed by atoms with Gasteiger partial charge < -0.3 is 4.57 Å². The molecular formula is C22H21N3O. The van der Waals surface area contributed by atoms with Crippen molar-refractivity contribution in [2.24, 2.45) is 7.05 Å². The molecule has 0 aliphatic heterocycles. The predicted octanol–water partition coefficient (Wildman–Crippen LogP) is 4.39. The summed E-state index contributed by atoms with van der Waals surface area (Å²) in [7, 11) is 2.07. The quantitative estimate of drug-likeness (QED) is 0.553. The van der Waals surface area contributed by atoms with Gasteiger partial charge in [-0.3, -0.25) is 9.36 Å². The minimum atomic E-state index is 0.00684. The molecule has 0 spiro atoms. The molecule has 4 rings (SSSR count). The summed E-state index contributed by atoms with van der Waals surface area (Å²) in [6.07, 6.45) is 4.02. The van der Waals surface area contributed by atoms with Crippen LogP contribution in [0.5, 0.6) is 0 Å². The van der Waals surface area contributed by atoms with E-state index in [-0.39, 0.29) is 5.56 Å². The maximum Gasteiger partial charge on any atom is 0.261 e. The average molecular weight is 343 g/mol. The number of rotatable bonds is 3. The zero-order valence-corrected chi connectivity index (χ0v) is 15.2. The molecule has 2 aromatic carbocycles. The monoisotopic (exact) mass is 343 g/mol. The van der Waals surface area contributed by atoms with Gasteiger partial charge >= 0.3 is 0 Å². The third kappa shape index (κ3) is 2.46. The summed E-state index contributed by atoms with van der Waals surface area (Å²) in [5.74, 6) is 0.684. The van der Waals surface area contributed by atoms with Crippen molar-refractivity contribution in [2.75, 3.05) is 0 Å². The van der Waals surface area contributed by atoms with E-state index in [2.05, 4.69) is 48.9 Å². The SMILES string of the molecule is CCn1c(C=Cc2c(C)n(C)c3ccccc23)nc2ccccc2c1=O. The molecule has 0 atom stereocenters. The van der Waals surface area contributed by atoms with Crippen LogP contribution < -0.4 is 5.56 Å². The maximum absolute atomic E-state index is 12.8. The van der Waals surface area contributed by atoms with Crippen molar-refractivity contribution in [3.63, 3.8) is 0 Å². The first-order valence-corrected chi connectivity index (χ1v) is 8.83. The van der Waals surface area contributed by atoms with Gasteiger partial charge in [0, 0.05) is 35.8 Å². The van der Waals surface area contributed by atoms with Crippen molar-refractivity contribution in [1.82, 2.24) is 14.1 Å². The highest BCUT2D eigenvalue weighted by Gasteiger charge is 2.10. The second kappa shape index (κ2) is 6.30. The molecular weight excluding hydrogens is 322 g/mol. The van der Waals surface area contributed by atoms with E-state index in [0.29, 0.717) is 17.8 Å². The van der Waals surface area contributed by atoms with Crippen LogP contribution in [0, 0.1) is 6.92 Å². The number of hydrogen-bond donors (Lipinski definition) is 0. The first-order valence-electron chi connectivity index (χ1n) is 8.83. The Morgan fingerprint density at radius 3 is 2.46 bits per heavy atom. The molecule has 4 nitrogen and oxygen atoms in total. The van der Waals surface area contributed by atoms with E-state index < -0.39 is 0 Å². The third-order valence-electron chi connectivity index (χ3n) is 5.05. The molecule has 26 heavy (non-hydrogen) atoms. The molecule has 4 heteroatoms. The van der Waals surface area contributed by atoms with Crippen LogP contribution in [0.25, 0.3) is 34.0 Å². The Labute approximate surface area is 152 Å². The van der Waals surface area contributed by atoms with E-state index >= 15 is 0 Å². The molecule has 0 amide bonds. The van der Waals surface area contributed by atoms with Gasteiger partial charge in [0.25, 0.3) is 5.56 Å². The van der Waals surface area contributed by atoms with E-state index in [1.54, 1.807) is 4.57 Å². The Kier molecular flexibility index (Phi) is 3.96. The third-order valence-corrected chi connectivity index (χ3v) is 5.05. The van der Waals surface area contributed by atoms with Crippen LogP contribution in [-0.2, 0) is 13.6 Å². The highest BCUT2D eigenvalue weighted by molar-refractivity contribution is 5.93. The number of hydrogen-bond acceptors (Lipinski definition) is 2. The lowest BCUT2D eigenvalue weighted by Gasteiger charge is -2.08. The van der Waals surface area contributed by atoms with E-state index in [9.17, 15) is 4.79 Å². The molecule has 2 heterocycles. The molecule has 2 aromatic heterocycles. The van der Waals surface area contributed by atoms with Crippen molar-refractivity contribution < 1.29 is 0 Å². The van der Waals surface area contributed by atoms with Gasteiger partial charge in [0.05, 0.1) is 10.9 Å². The Hall–Kier alpha value is -3.14. The van der Waals surface area contributed by atoms with Crippen LogP contribution in [0.3, 0.4) is 0 Å².